The van der Waals surface area contributed by atoms with E-state index in [-0.39, 0.29) is 5.91 Å². The summed E-state index contributed by atoms with van der Waals surface area (Å²) in [5, 5.41) is 2.76. The molecular formula is C15H15ClN2OS. The normalized spacial score (nSPS) is 10.2. The van der Waals surface area contributed by atoms with E-state index in [0.717, 1.165) is 11.3 Å². The lowest BCUT2D eigenvalue weighted by Crippen LogP contribution is -2.14. The SMILES string of the molecule is O=C(CSCc1cccc(CCl)c1)Nc1ccccn1. The number of nitrogens with zero attached hydrogens (tertiary/aromatic N) is 1. The number of hydrogen-bond donors (Lipinski definition) is 1. The molecule has 104 valence electrons. The molecule has 5 heteroatoms. The van der Waals surface area contributed by atoms with Crippen LogP contribution in [0.5, 0.6) is 0 Å². The fourth-order valence-electron chi connectivity index (χ4n) is 1.68. The van der Waals surface area contributed by atoms with Gasteiger partial charge in [-0.3, -0.25) is 4.79 Å². The Morgan fingerprint density at radius 3 is 2.80 bits per heavy atom. The molecule has 20 heavy (non-hydrogen) atoms. The molecule has 0 atom stereocenters. The van der Waals surface area contributed by atoms with Crippen molar-refractivity contribution in [3.8, 4) is 0 Å². The topological polar surface area (TPSA) is 42.0 Å². The molecule has 2 rings (SSSR count). The smallest absolute Gasteiger partial charge is 0.235 e. The van der Waals surface area contributed by atoms with Crippen LogP contribution in [0.15, 0.2) is 48.7 Å². The second-order valence-corrected chi connectivity index (χ2v) is 5.46. The second kappa shape index (κ2) is 7.92. The van der Waals surface area contributed by atoms with Crippen molar-refractivity contribution in [2.75, 3.05) is 11.1 Å². The minimum atomic E-state index is -0.0396. The van der Waals surface area contributed by atoms with Gasteiger partial charge in [0.2, 0.25) is 5.91 Å². The summed E-state index contributed by atoms with van der Waals surface area (Å²) in [5.74, 6) is 2.25. The molecule has 1 heterocycles. The van der Waals surface area contributed by atoms with Gasteiger partial charge in [-0.2, -0.15) is 0 Å². The lowest BCUT2D eigenvalue weighted by atomic mass is 10.2. The second-order valence-electron chi connectivity index (χ2n) is 4.21. The Bertz CT molecular complexity index is 563. The highest BCUT2D eigenvalue weighted by molar-refractivity contribution is 7.99. The van der Waals surface area contributed by atoms with E-state index in [1.54, 1.807) is 24.0 Å². The highest BCUT2D eigenvalue weighted by Gasteiger charge is 2.03. The van der Waals surface area contributed by atoms with Crippen LogP contribution in [0.2, 0.25) is 0 Å². The maximum Gasteiger partial charge on any atom is 0.235 e. The molecule has 0 saturated heterocycles. The standard InChI is InChI=1S/C15H15ClN2OS/c16-9-12-4-3-5-13(8-12)10-20-11-15(19)18-14-6-1-2-7-17-14/h1-8H,9-11H2,(H,17,18,19). The number of pyridine rings is 1. The molecule has 0 unspecified atom stereocenters. The number of carbonyl (C=O) groups excluding carboxylic acids is 1. The monoisotopic (exact) mass is 306 g/mol. The van der Waals surface area contributed by atoms with Gasteiger partial charge >= 0.3 is 0 Å². The first-order chi connectivity index (χ1) is 9.78. The van der Waals surface area contributed by atoms with Crippen molar-refractivity contribution in [3.05, 3.63) is 59.8 Å². The number of carbonyl (C=O) groups is 1. The highest BCUT2D eigenvalue weighted by Crippen LogP contribution is 2.15. The highest BCUT2D eigenvalue weighted by atomic mass is 35.5. The number of thioether (sulfide) groups is 1. The fraction of sp³-hybridized carbons (Fsp3) is 0.200. The first-order valence-corrected chi connectivity index (χ1v) is 7.89. The number of benzene rings is 1. The molecule has 3 nitrogen and oxygen atoms in total. The zero-order chi connectivity index (χ0) is 14.2. The van der Waals surface area contributed by atoms with Gasteiger partial charge in [0.25, 0.3) is 0 Å². The van der Waals surface area contributed by atoms with Crippen molar-refractivity contribution >= 4 is 35.1 Å². The van der Waals surface area contributed by atoms with Gasteiger partial charge in [0, 0.05) is 17.8 Å². The number of nitrogens with one attached hydrogen (secondary N) is 1. The molecular weight excluding hydrogens is 292 g/mol. The van der Waals surface area contributed by atoms with Crippen LogP contribution >= 0.6 is 23.4 Å². The van der Waals surface area contributed by atoms with Crippen molar-refractivity contribution < 1.29 is 4.79 Å². The summed E-state index contributed by atoms with van der Waals surface area (Å²) in [6.07, 6.45) is 1.65. The molecule has 0 fully saturated rings. The molecule has 0 aliphatic carbocycles. The molecule has 0 aliphatic heterocycles. The minimum absolute atomic E-state index is 0.0396. The van der Waals surface area contributed by atoms with E-state index in [0.29, 0.717) is 17.5 Å². The molecule has 2 aromatic rings. The number of halogens is 1. The van der Waals surface area contributed by atoms with Crippen LogP contribution in [0.4, 0.5) is 5.82 Å². The van der Waals surface area contributed by atoms with E-state index in [9.17, 15) is 4.79 Å². The largest absolute Gasteiger partial charge is 0.310 e. The van der Waals surface area contributed by atoms with Gasteiger partial charge in [-0.15, -0.1) is 23.4 Å². The van der Waals surface area contributed by atoms with E-state index in [1.807, 2.05) is 30.3 Å². The van der Waals surface area contributed by atoms with Crippen LogP contribution < -0.4 is 5.32 Å². The van der Waals surface area contributed by atoms with E-state index in [2.05, 4.69) is 16.4 Å². The van der Waals surface area contributed by atoms with Gasteiger partial charge in [0.15, 0.2) is 0 Å². The third-order valence-electron chi connectivity index (χ3n) is 2.58. The third kappa shape index (κ3) is 4.87. The van der Waals surface area contributed by atoms with Crippen LogP contribution in [0.3, 0.4) is 0 Å². The Hall–Kier alpha value is -1.52. The molecule has 0 aliphatic rings. The van der Waals surface area contributed by atoms with Crippen molar-refractivity contribution in [2.45, 2.75) is 11.6 Å². The lowest BCUT2D eigenvalue weighted by molar-refractivity contribution is -0.113. The average Bonchev–Trinajstić information content (AvgIpc) is 2.48. The number of aromatic nitrogens is 1. The number of rotatable bonds is 6. The number of anilines is 1. The predicted octanol–water partition coefficient (Wildman–Crippen LogP) is 3.69. The van der Waals surface area contributed by atoms with Crippen molar-refractivity contribution in [3.63, 3.8) is 0 Å². The molecule has 1 aromatic carbocycles. The van der Waals surface area contributed by atoms with Crippen LogP contribution in [0, 0.1) is 0 Å². The van der Waals surface area contributed by atoms with Crippen LogP contribution in [-0.4, -0.2) is 16.6 Å². The number of hydrogen-bond acceptors (Lipinski definition) is 3. The van der Waals surface area contributed by atoms with Gasteiger partial charge in [-0.1, -0.05) is 30.3 Å². The summed E-state index contributed by atoms with van der Waals surface area (Å²) >= 11 is 7.37. The van der Waals surface area contributed by atoms with Crippen LogP contribution in [-0.2, 0) is 16.4 Å². The first kappa shape index (κ1) is 14.9. The maximum atomic E-state index is 11.7. The van der Waals surface area contributed by atoms with E-state index < -0.39 is 0 Å². The third-order valence-corrected chi connectivity index (χ3v) is 3.89. The molecule has 1 amide bonds. The van der Waals surface area contributed by atoms with E-state index >= 15 is 0 Å². The summed E-state index contributed by atoms with van der Waals surface area (Å²) < 4.78 is 0. The Morgan fingerprint density at radius 2 is 2.05 bits per heavy atom. The van der Waals surface area contributed by atoms with Gasteiger partial charge in [0.05, 0.1) is 5.75 Å². The minimum Gasteiger partial charge on any atom is -0.310 e. The fourth-order valence-corrected chi connectivity index (χ4v) is 2.62. The summed E-state index contributed by atoms with van der Waals surface area (Å²) in [5.41, 5.74) is 2.28. The summed E-state index contributed by atoms with van der Waals surface area (Å²) in [6.45, 7) is 0. The average molecular weight is 307 g/mol. The molecule has 0 saturated carbocycles. The molecule has 1 aromatic heterocycles. The van der Waals surface area contributed by atoms with Gasteiger partial charge in [0.1, 0.15) is 5.82 Å². The molecule has 1 N–H and O–H groups in total. The maximum absolute atomic E-state index is 11.7. The zero-order valence-corrected chi connectivity index (χ0v) is 12.5. The van der Waals surface area contributed by atoms with E-state index in [1.165, 1.54) is 5.56 Å². The number of amides is 1. The Kier molecular flexibility index (Phi) is 5.89. The molecule has 0 radical (unpaired) electrons. The molecule has 0 spiro atoms. The van der Waals surface area contributed by atoms with Crippen molar-refractivity contribution in [1.29, 1.82) is 0 Å². The Balaban J connectivity index is 1.76. The summed E-state index contributed by atoms with van der Waals surface area (Å²) in [4.78, 5) is 15.8. The van der Waals surface area contributed by atoms with Gasteiger partial charge < -0.3 is 5.32 Å². The zero-order valence-electron chi connectivity index (χ0n) is 10.9. The van der Waals surface area contributed by atoms with Gasteiger partial charge in [-0.05, 0) is 23.3 Å². The Morgan fingerprint density at radius 1 is 1.20 bits per heavy atom. The van der Waals surface area contributed by atoms with Crippen LogP contribution in [0.1, 0.15) is 11.1 Å². The summed E-state index contributed by atoms with van der Waals surface area (Å²) in [7, 11) is 0. The quantitative estimate of drug-likeness (QED) is 0.828. The van der Waals surface area contributed by atoms with E-state index in [4.69, 9.17) is 11.6 Å². The number of alkyl halides is 1. The lowest BCUT2D eigenvalue weighted by Gasteiger charge is -2.05. The molecule has 0 bridgehead atoms. The van der Waals surface area contributed by atoms with Gasteiger partial charge in [-0.25, -0.2) is 4.98 Å². The Labute approximate surface area is 127 Å². The first-order valence-electron chi connectivity index (χ1n) is 6.20. The summed E-state index contributed by atoms with van der Waals surface area (Å²) in [6, 6.07) is 13.5. The van der Waals surface area contributed by atoms with Crippen molar-refractivity contribution in [1.82, 2.24) is 4.98 Å². The van der Waals surface area contributed by atoms with Crippen molar-refractivity contribution in [2.24, 2.45) is 0 Å². The predicted molar refractivity (Wildman–Crippen MR) is 85.0 cm³/mol. The van der Waals surface area contributed by atoms with Crippen LogP contribution in [0.25, 0.3) is 0 Å².